The molecule has 1 amide bonds. The van der Waals surface area contributed by atoms with Crippen LogP contribution in [0.2, 0.25) is 0 Å². The molecule has 0 bridgehead atoms. The van der Waals surface area contributed by atoms with Crippen LogP contribution in [-0.4, -0.2) is 32.3 Å². The van der Waals surface area contributed by atoms with Crippen molar-refractivity contribution in [2.75, 3.05) is 25.2 Å². The van der Waals surface area contributed by atoms with Crippen molar-refractivity contribution >= 4 is 11.6 Å². The molecular formula is C18H16F3NO3. The van der Waals surface area contributed by atoms with Gasteiger partial charge in [0.05, 0.1) is 12.2 Å². The van der Waals surface area contributed by atoms with Crippen molar-refractivity contribution in [1.29, 1.82) is 0 Å². The number of ether oxygens (including phenoxy) is 2. The number of carbonyl (C=O) groups excluding carboxylic acids is 1. The Morgan fingerprint density at radius 2 is 1.92 bits per heavy atom. The first-order valence-electron chi connectivity index (χ1n) is 7.65. The quantitative estimate of drug-likeness (QED) is 0.771. The van der Waals surface area contributed by atoms with Crippen LogP contribution in [0.5, 0.6) is 5.75 Å². The van der Waals surface area contributed by atoms with E-state index in [1.54, 1.807) is 30.3 Å². The number of alkyl halides is 3. The van der Waals surface area contributed by atoms with E-state index in [0.29, 0.717) is 12.3 Å². The van der Waals surface area contributed by atoms with Gasteiger partial charge in [-0.25, -0.2) is 0 Å². The Kier molecular flexibility index (Phi) is 4.67. The molecule has 7 heteroatoms. The number of halogens is 3. The topological polar surface area (TPSA) is 42.1 Å². The fourth-order valence-corrected chi connectivity index (χ4v) is 2.32. The summed E-state index contributed by atoms with van der Waals surface area (Å²) in [5.74, 6) is -0.837. The van der Waals surface area contributed by atoms with E-state index in [2.05, 4.69) is 0 Å². The Morgan fingerprint density at radius 3 is 2.52 bits per heavy atom. The molecule has 0 N–H and O–H groups in total. The van der Waals surface area contributed by atoms with Crippen molar-refractivity contribution in [3.8, 4) is 5.75 Å². The van der Waals surface area contributed by atoms with Crippen molar-refractivity contribution in [3.63, 3.8) is 0 Å². The van der Waals surface area contributed by atoms with E-state index >= 15 is 0 Å². The fraction of sp³-hybridized carbons (Fsp3) is 0.278. The average Bonchev–Trinajstić information content (AvgIpc) is 3.43. The third-order valence-corrected chi connectivity index (χ3v) is 3.81. The second-order valence-electron chi connectivity index (χ2n) is 5.67. The van der Waals surface area contributed by atoms with Gasteiger partial charge in [0.1, 0.15) is 18.5 Å². The molecule has 1 heterocycles. The average molecular weight is 351 g/mol. The first-order chi connectivity index (χ1) is 11.9. The number of nitrogens with zero attached hydrogens (tertiary/aromatic N) is 1. The smallest absolute Gasteiger partial charge is 0.419 e. The highest BCUT2D eigenvalue weighted by molar-refractivity contribution is 6.05. The molecular weight excluding hydrogens is 335 g/mol. The second kappa shape index (κ2) is 6.76. The summed E-state index contributed by atoms with van der Waals surface area (Å²) >= 11 is 0. The van der Waals surface area contributed by atoms with Crippen LogP contribution in [0, 0.1) is 0 Å². The van der Waals surface area contributed by atoms with E-state index in [-0.39, 0.29) is 24.0 Å². The van der Waals surface area contributed by atoms with E-state index in [1.807, 2.05) is 0 Å². The first kappa shape index (κ1) is 17.3. The molecule has 25 heavy (non-hydrogen) atoms. The molecule has 0 aromatic heterocycles. The van der Waals surface area contributed by atoms with Gasteiger partial charge >= 0.3 is 6.18 Å². The normalized spacial score (nSPS) is 16.4. The minimum atomic E-state index is -4.62. The van der Waals surface area contributed by atoms with Gasteiger partial charge in [0.2, 0.25) is 0 Å². The zero-order valence-electron chi connectivity index (χ0n) is 13.4. The van der Waals surface area contributed by atoms with Gasteiger partial charge in [0.25, 0.3) is 5.91 Å². The summed E-state index contributed by atoms with van der Waals surface area (Å²) in [5, 5.41) is 0. The number of rotatable bonds is 5. The molecule has 1 saturated heterocycles. The second-order valence-corrected chi connectivity index (χ2v) is 5.67. The van der Waals surface area contributed by atoms with Crippen LogP contribution in [0.4, 0.5) is 18.9 Å². The molecule has 0 aliphatic carbocycles. The molecule has 1 aliphatic rings. The molecule has 2 aromatic rings. The summed E-state index contributed by atoms with van der Waals surface area (Å²) in [4.78, 5) is 13.8. The highest BCUT2D eigenvalue weighted by Gasteiger charge is 2.36. The van der Waals surface area contributed by atoms with E-state index in [9.17, 15) is 18.0 Å². The Morgan fingerprint density at radius 1 is 1.24 bits per heavy atom. The number of amides is 1. The first-order valence-corrected chi connectivity index (χ1v) is 7.65. The largest absolute Gasteiger partial charge is 0.490 e. The summed E-state index contributed by atoms with van der Waals surface area (Å²) in [6.45, 7) is 0.542. The summed E-state index contributed by atoms with van der Waals surface area (Å²) in [7, 11) is 1.51. The number of hydrogen-bond acceptors (Lipinski definition) is 3. The van der Waals surface area contributed by atoms with Crippen molar-refractivity contribution in [1.82, 2.24) is 0 Å². The molecule has 3 rings (SSSR count). The van der Waals surface area contributed by atoms with Crippen LogP contribution >= 0.6 is 0 Å². The number of benzene rings is 2. The summed E-state index contributed by atoms with van der Waals surface area (Å²) in [5.41, 5.74) is -0.443. The molecule has 132 valence electrons. The van der Waals surface area contributed by atoms with Crippen LogP contribution in [-0.2, 0) is 10.9 Å². The molecule has 1 unspecified atom stereocenters. The van der Waals surface area contributed by atoms with Crippen LogP contribution in [0.1, 0.15) is 15.9 Å². The minimum absolute atomic E-state index is 0.0558. The zero-order valence-corrected chi connectivity index (χ0v) is 13.4. The number of anilines is 1. The number of hydrogen-bond donors (Lipinski definition) is 0. The van der Waals surface area contributed by atoms with E-state index in [4.69, 9.17) is 9.47 Å². The molecule has 1 fully saturated rings. The third kappa shape index (κ3) is 4.11. The SMILES string of the molecule is CN(C(=O)c1ccc(OCC2CO2)c(C(F)(F)F)c1)c1ccccc1. The fourth-order valence-electron chi connectivity index (χ4n) is 2.32. The Balaban J connectivity index is 1.87. The van der Waals surface area contributed by atoms with Gasteiger partial charge in [0.15, 0.2) is 0 Å². The molecule has 1 aliphatic heterocycles. The predicted octanol–water partition coefficient (Wildman–Crippen LogP) is 3.76. The summed E-state index contributed by atoms with van der Waals surface area (Å²) in [6, 6.07) is 12.0. The van der Waals surface area contributed by atoms with Crippen LogP contribution in [0.3, 0.4) is 0 Å². The summed E-state index contributed by atoms with van der Waals surface area (Å²) in [6.07, 6.45) is -4.78. The van der Waals surface area contributed by atoms with Gasteiger partial charge in [-0.1, -0.05) is 18.2 Å². The molecule has 0 spiro atoms. The monoisotopic (exact) mass is 351 g/mol. The van der Waals surface area contributed by atoms with Crippen molar-refractivity contribution in [2.24, 2.45) is 0 Å². The zero-order chi connectivity index (χ0) is 18.0. The molecule has 0 radical (unpaired) electrons. The van der Waals surface area contributed by atoms with E-state index in [0.717, 1.165) is 6.07 Å². The molecule has 2 aromatic carbocycles. The van der Waals surface area contributed by atoms with Crippen molar-refractivity contribution < 1.29 is 27.4 Å². The Hall–Kier alpha value is -2.54. The molecule has 0 saturated carbocycles. The van der Waals surface area contributed by atoms with Gasteiger partial charge < -0.3 is 14.4 Å². The van der Waals surface area contributed by atoms with Gasteiger partial charge in [-0.3, -0.25) is 4.79 Å². The Bertz CT molecular complexity index is 758. The summed E-state index contributed by atoms with van der Waals surface area (Å²) < 4.78 is 50.1. The highest BCUT2D eigenvalue weighted by Crippen LogP contribution is 2.37. The minimum Gasteiger partial charge on any atom is -0.490 e. The van der Waals surface area contributed by atoms with Gasteiger partial charge in [-0.15, -0.1) is 0 Å². The Labute approximate surface area is 142 Å². The van der Waals surface area contributed by atoms with Gasteiger partial charge in [0, 0.05) is 18.3 Å². The van der Waals surface area contributed by atoms with Crippen LogP contribution in [0.25, 0.3) is 0 Å². The lowest BCUT2D eigenvalue weighted by atomic mass is 10.1. The lowest BCUT2D eigenvalue weighted by Crippen LogP contribution is -2.26. The van der Waals surface area contributed by atoms with Crippen molar-refractivity contribution in [2.45, 2.75) is 12.3 Å². The van der Waals surface area contributed by atoms with E-state index in [1.165, 1.54) is 24.1 Å². The standard InChI is InChI=1S/C18H16F3NO3/c1-22(13-5-3-2-4-6-13)17(23)12-7-8-16(25-11-14-10-24-14)15(9-12)18(19,20)21/h2-9,14H,10-11H2,1H3. The maximum atomic E-state index is 13.3. The molecule has 1 atom stereocenters. The predicted molar refractivity (Wildman–Crippen MR) is 85.9 cm³/mol. The number of para-hydroxylation sites is 1. The lowest BCUT2D eigenvalue weighted by molar-refractivity contribution is -0.139. The van der Waals surface area contributed by atoms with Gasteiger partial charge in [-0.2, -0.15) is 13.2 Å². The van der Waals surface area contributed by atoms with Crippen LogP contribution in [0.15, 0.2) is 48.5 Å². The van der Waals surface area contributed by atoms with Crippen LogP contribution < -0.4 is 9.64 Å². The van der Waals surface area contributed by atoms with Gasteiger partial charge in [-0.05, 0) is 30.3 Å². The number of carbonyl (C=O) groups is 1. The van der Waals surface area contributed by atoms with Crippen molar-refractivity contribution in [3.05, 3.63) is 59.7 Å². The lowest BCUT2D eigenvalue weighted by Gasteiger charge is -2.19. The maximum absolute atomic E-state index is 13.3. The third-order valence-electron chi connectivity index (χ3n) is 3.81. The molecule has 4 nitrogen and oxygen atoms in total. The number of epoxide rings is 1. The highest BCUT2D eigenvalue weighted by atomic mass is 19.4. The van der Waals surface area contributed by atoms with E-state index < -0.39 is 17.6 Å². The maximum Gasteiger partial charge on any atom is 0.419 e.